The molecule has 0 aliphatic heterocycles. The Balaban J connectivity index is -0.0000000200. The van der Waals surface area contributed by atoms with Crippen LogP contribution in [-0.2, 0) is 4.29 Å². The first kappa shape index (κ1) is 8.98. The molecule has 0 radical (unpaired) electrons. The van der Waals surface area contributed by atoms with E-state index in [2.05, 4.69) is 16.2 Å². The van der Waals surface area contributed by atoms with E-state index >= 15 is 0 Å². The minimum atomic E-state index is 0. The SMILES string of the molecule is COCl.[H-].[Na+]. The largest absolute Gasteiger partial charge is 1.00 e. The van der Waals surface area contributed by atoms with Crippen molar-refractivity contribution >= 4 is 11.9 Å². The summed E-state index contributed by atoms with van der Waals surface area (Å²) in [6.45, 7) is 0. The number of hydrogen-bond donors (Lipinski definition) is 0. The molecule has 0 aromatic carbocycles. The van der Waals surface area contributed by atoms with Crippen LogP contribution in [0.25, 0.3) is 0 Å². The van der Waals surface area contributed by atoms with Gasteiger partial charge in [-0.05, 0) is 0 Å². The first-order valence-electron chi connectivity index (χ1n) is 0.563. The van der Waals surface area contributed by atoms with Crippen molar-refractivity contribution < 1.29 is 35.3 Å². The Kier molecular flexibility index (Phi) is 19.9. The maximum atomic E-state index is 4.50. The Bertz CT molecular complexity index is 11.6. The molecule has 0 spiro atoms. The van der Waals surface area contributed by atoms with Crippen LogP contribution >= 0.6 is 11.9 Å². The second-order valence-corrected chi connectivity index (χ2v) is 0.463. The summed E-state index contributed by atoms with van der Waals surface area (Å²) in [5.74, 6) is 0. The van der Waals surface area contributed by atoms with Crippen molar-refractivity contribution in [2.24, 2.45) is 0 Å². The van der Waals surface area contributed by atoms with Crippen molar-refractivity contribution in [2.75, 3.05) is 7.11 Å². The van der Waals surface area contributed by atoms with Gasteiger partial charge in [-0.1, -0.05) is 0 Å². The van der Waals surface area contributed by atoms with Gasteiger partial charge in [0.05, 0.1) is 19.0 Å². The average Bonchev–Trinajstić information content (AvgIpc) is 0.918. The maximum absolute atomic E-state index is 4.50. The second-order valence-electron chi connectivity index (χ2n) is 0.154. The smallest absolute Gasteiger partial charge is 1.00 e. The van der Waals surface area contributed by atoms with E-state index in [4.69, 9.17) is 0 Å². The zero-order valence-corrected chi connectivity index (χ0v) is 5.54. The summed E-state index contributed by atoms with van der Waals surface area (Å²) in [6.07, 6.45) is 0. The van der Waals surface area contributed by atoms with E-state index < -0.39 is 0 Å². The third-order valence-corrected chi connectivity index (χ3v) is 0. The molecule has 1 nitrogen and oxygen atoms in total. The standard InChI is InChI=1S/CH3ClO.Na.H/c1-3-2;;/h1H3;;/q;+1;-1. The van der Waals surface area contributed by atoms with Crippen LogP contribution in [0.5, 0.6) is 0 Å². The topological polar surface area (TPSA) is 9.23 Å². The van der Waals surface area contributed by atoms with E-state index in [1.54, 1.807) is 0 Å². The van der Waals surface area contributed by atoms with Gasteiger partial charge < -0.3 is 1.43 Å². The molecule has 22 valence electrons. The fourth-order valence-corrected chi connectivity index (χ4v) is 0. The Morgan fingerprint density at radius 3 is 2.00 bits per heavy atom. The minimum absolute atomic E-state index is 0. The number of rotatable bonds is 0. The van der Waals surface area contributed by atoms with Gasteiger partial charge >= 0.3 is 29.6 Å². The average molecular weight is 90.5 g/mol. The van der Waals surface area contributed by atoms with E-state index in [0.717, 1.165) is 0 Å². The van der Waals surface area contributed by atoms with Crippen LogP contribution < -0.4 is 29.6 Å². The van der Waals surface area contributed by atoms with Gasteiger partial charge in [0.1, 0.15) is 0 Å². The molecule has 0 rings (SSSR count). The Hall–Kier alpha value is 1.25. The molecule has 3 heteroatoms. The van der Waals surface area contributed by atoms with Crippen molar-refractivity contribution in [2.45, 2.75) is 0 Å². The van der Waals surface area contributed by atoms with Gasteiger partial charge in [-0.2, -0.15) is 0 Å². The Morgan fingerprint density at radius 2 is 2.00 bits per heavy atom. The monoisotopic (exact) mass is 90.0 g/mol. The third-order valence-electron chi connectivity index (χ3n) is 0. The molecule has 0 aliphatic carbocycles. The summed E-state index contributed by atoms with van der Waals surface area (Å²) >= 11 is 4.50. The molecule has 0 aromatic heterocycles. The molecule has 0 heterocycles. The molecule has 0 saturated carbocycles. The zero-order chi connectivity index (χ0) is 2.71. The fourth-order valence-electron chi connectivity index (χ4n) is 0. The third kappa shape index (κ3) is 10.5. The first-order valence-corrected chi connectivity index (χ1v) is 0.871. The van der Waals surface area contributed by atoms with Crippen molar-refractivity contribution in [3.63, 3.8) is 0 Å². The van der Waals surface area contributed by atoms with Gasteiger partial charge in [-0.15, -0.1) is 0 Å². The van der Waals surface area contributed by atoms with E-state index in [0.29, 0.717) is 0 Å². The van der Waals surface area contributed by atoms with Gasteiger partial charge in [0.2, 0.25) is 0 Å². The molecule has 0 fully saturated rings. The molecule has 0 aliphatic rings. The zero-order valence-electron chi connectivity index (χ0n) is 3.79. The van der Waals surface area contributed by atoms with Crippen molar-refractivity contribution in [3.8, 4) is 0 Å². The van der Waals surface area contributed by atoms with Crippen LogP contribution in [0.4, 0.5) is 0 Å². The normalized spacial score (nSPS) is 4.50. The molecule has 0 bridgehead atoms. The van der Waals surface area contributed by atoms with Gasteiger partial charge in [-0.25, -0.2) is 0 Å². The van der Waals surface area contributed by atoms with Gasteiger partial charge in [0.15, 0.2) is 0 Å². The van der Waals surface area contributed by atoms with E-state index in [-0.39, 0.29) is 31.0 Å². The van der Waals surface area contributed by atoms with E-state index in [1.165, 1.54) is 7.11 Å². The van der Waals surface area contributed by atoms with E-state index in [1.807, 2.05) is 0 Å². The predicted molar refractivity (Wildman–Crippen MR) is 14.0 cm³/mol. The molecule has 0 saturated heterocycles. The quantitative estimate of drug-likeness (QED) is 0.310. The fraction of sp³-hybridized carbons (Fsp3) is 1.00. The number of hydrogen-bond acceptors (Lipinski definition) is 1. The van der Waals surface area contributed by atoms with Crippen molar-refractivity contribution in [3.05, 3.63) is 0 Å². The molecular weight excluding hydrogens is 86.5 g/mol. The first-order chi connectivity index (χ1) is 1.41. The van der Waals surface area contributed by atoms with Crippen LogP contribution in [0.1, 0.15) is 1.43 Å². The van der Waals surface area contributed by atoms with Crippen LogP contribution in [0.2, 0.25) is 0 Å². The summed E-state index contributed by atoms with van der Waals surface area (Å²) in [5, 5.41) is 0. The number of halogens is 1. The minimum Gasteiger partial charge on any atom is -1.00 e. The summed E-state index contributed by atoms with van der Waals surface area (Å²) in [4.78, 5) is 0. The Morgan fingerprint density at radius 1 is 2.00 bits per heavy atom. The summed E-state index contributed by atoms with van der Waals surface area (Å²) in [5.41, 5.74) is 0. The maximum Gasteiger partial charge on any atom is 1.00 e. The summed E-state index contributed by atoms with van der Waals surface area (Å²) in [6, 6.07) is 0. The van der Waals surface area contributed by atoms with Crippen LogP contribution in [-0.4, -0.2) is 7.11 Å². The second kappa shape index (κ2) is 8.87. The molecule has 0 unspecified atom stereocenters. The van der Waals surface area contributed by atoms with Crippen LogP contribution in [0, 0.1) is 0 Å². The molecule has 0 aromatic rings. The summed E-state index contributed by atoms with van der Waals surface area (Å²) < 4.78 is 3.72. The van der Waals surface area contributed by atoms with Crippen LogP contribution in [0.3, 0.4) is 0 Å². The van der Waals surface area contributed by atoms with Crippen molar-refractivity contribution in [1.82, 2.24) is 0 Å². The van der Waals surface area contributed by atoms with Gasteiger partial charge in [-0.3, -0.25) is 4.29 Å². The van der Waals surface area contributed by atoms with Gasteiger partial charge in [0, 0.05) is 0 Å². The molecule has 0 atom stereocenters. The molecule has 0 amide bonds. The van der Waals surface area contributed by atoms with Crippen molar-refractivity contribution in [1.29, 1.82) is 0 Å². The van der Waals surface area contributed by atoms with Gasteiger partial charge in [0.25, 0.3) is 0 Å². The van der Waals surface area contributed by atoms with E-state index in [9.17, 15) is 0 Å². The predicted octanol–water partition coefficient (Wildman–Crippen LogP) is -2.10. The van der Waals surface area contributed by atoms with Crippen LogP contribution in [0.15, 0.2) is 0 Å². The summed E-state index contributed by atoms with van der Waals surface area (Å²) in [7, 11) is 1.39. The molecular formula is CH4ClNaO. The molecule has 4 heavy (non-hydrogen) atoms. The Labute approximate surface area is 54.2 Å². The molecule has 0 N–H and O–H groups in total.